The van der Waals surface area contributed by atoms with Crippen LogP contribution in [0.5, 0.6) is 5.88 Å². The quantitative estimate of drug-likeness (QED) is 0.0304. The van der Waals surface area contributed by atoms with Crippen molar-refractivity contribution in [1.29, 1.82) is 0 Å². The Morgan fingerprint density at radius 1 is 0.862 bits per heavy atom. The first-order valence-electron chi connectivity index (χ1n) is 31.2. The summed E-state index contributed by atoms with van der Waals surface area (Å²) in [7, 11) is -3.95. The Kier molecular flexibility index (Phi) is 22.9. The first-order valence-corrected chi connectivity index (χ1v) is 33.8. The summed E-state index contributed by atoms with van der Waals surface area (Å²) < 4.78 is 56.8. The number of benzene rings is 1. The smallest absolute Gasteiger partial charge is 0.329 e. The normalized spacial score (nSPS) is 25.6. The number of ether oxygens (including phenoxy) is 5. The lowest BCUT2D eigenvalue weighted by Crippen LogP contribution is -2.47. The number of esters is 1. The van der Waals surface area contributed by atoms with E-state index in [0.717, 1.165) is 36.0 Å². The number of hydrogen-bond donors (Lipinski definition) is 4. The van der Waals surface area contributed by atoms with Crippen LogP contribution in [0, 0.1) is 24.2 Å². The van der Waals surface area contributed by atoms with Crippen molar-refractivity contribution in [2.75, 3.05) is 65.0 Å². The molecular weight excluding hydrogens is 1160 g/mol. The van der Waals surface area contributed by atoms with E-state index >= 15 is 4.79 Å². The average Bonchev–Trinajstić information content (AvgIpc) is 1.61. The summed E-state index contributed by atoms with van der Waals surface area (Å²) in [5, 5.41) is 10.2. The Balaban J connectivity index is 0.696. The van der Waals surface area contributed by atoms with Gasteiger partial charge in [-0.15, -0.1) is 6.58 Å². The van der Waals surface area contributed by atoms with Crippen molar-refractivity contribution in [2.24, 2.45) is 17.3 Å². The Labute approximate surface area is 513 Å². The van der Waals surface area contributed by atoms with Gasteiger partial charge in [0, 0.05) is 106 Å². The second kappa shape index (κ2) is 30.5. The lowest BCUT2D eigenvalue weighted by molar-refractivity contribution is -0.157. The van der Waals surface area contributed by atoms with E-state index in [-0.39, 0.29) is 118 Å². The van der Waals surface area contributed by atoms with Gasteiger partial charge in [-0.05, 0) is 94.6 Å². The van der Waals surface area contributed by atoms with Crippen LogP contribution in [0.2, 0.25) is 0 Å². The second-order valence-corrected chi connectivity index (χ2v) is 27.7. The minimum atomic E-state index is -3.95. The number of ketones is 3. The molecule has 476 valence electrons. The van der Waals surface area contributed by atoms with Crippen LogP contribution in [0.25, 0.3) is 10.8 Å². The van der Waals surface area contributed by atoms with Crippen LogP contribution in [0.3, 0.4) is 0 Å². The van der Waals surface area contributed by atoms with Crippen LogP contribution in [-0.4, -0.2) is 188 Å². The Morgan fingerprint density at radius 3 is 2.33 bits per heavy atom. The summed E-state index contributed by atoms with van der Waals surface area (Å²) in [6.45, 7) is 9.02. The van der Waals surface area contributed by atoms with Crippen molar-refractivity contribution < 1.29 is 75.3 Å². The number of allylic oxidation sites excluding steroid dienone is 1. The maximum absolute atomic E-state index is 15.1. The standard InChI is InChI=1S/C62H85N7O16S2/c1-3-42-34-62(42,60(77)67-87(79,80)47-17-18-47)35-52(72)50-32-45(84-57-48-19-15-39(2)30-40(48)21-23-64-57)37-69(50)58(75)41(16-20-55(74)68-36-46-33-51(68)59(76)85-46)31-44(71)12-8-11-43(70)10-6-7-24-81-26-28-83-29-27-82-25-9-22-63-54(73)14-5-4-13-53-56-49(38-86-53)65-61(78)66-56/h3,15,19,21,23,30,41-42,45-47,49-51,53,56H,1,4-14,16-18,20,22,24-29,31-38H2,2H3,(H,63,73)(H,67,77)(H2,65,66,78)/t41-,42+,45?,46+,49+,50+,51+,53+,56+,62?/m1/s1. The molecule has 6 amide bonds. The number of carbonyl (C=O) groups is 9. The van der Waals surface area contributed by atoms with E-state index in [1.807, 2.05) is 43.0 Å². The van der Waals surface area contributed by atoms with E-state index in [9.17, 15) is 46.8 Å². The van der Waals surface area contributed by atoms with Crippen molar-refractivity contribution >= 4 is 85.5 Å². The van der Waals surface area contributed by atoms with Gasteiger partial charge in [0.2, 0.25) is 39.5 Å². The van der Waals surface area contributed by atoms with Crippen molar-refractivity contribution in [3.8, 4) is 5.88 Å². The number of fused-ring (bicyclic) bond motifs is 4. The van der Waals surface area contributed by atoms with E-state index in [4.69, 9.17) is 23.7 Å². The Morgan fingerprint density at radius 2 is 1.60 bits per heavy atom. The first kappa shape index (κ1) is 65.4. The number of hydrogen-bond acceptors (Lipinski definition) is 18. The third-order valence-electron chi connectivity index (χ3n) is 17.8. The SMILES string of the molecule is C=C[C@H]1CC1(CC(=O)[C@@H]1CC(Oc2nccc3cc(C)ccc23)CN1C(=O)[C@H](CCC(=O)N1C[C@@H]2C[C@H]1C(=O)O2)CC(=O)CCCC(=O)CCCCOCCOCCOCCCNC(=O)CCCC[C@@H]1SC[C@@H]2NC(=O)N[C@@H]21)C(=O)NS(=O)(=O)C1CC1. The number of morpholine rings is 1. The molecule has 2 bridgehead atoms. The van der Waals surface area contributed by atoms with Gasteiger partial charge in [0.05, 0.1) is 68.3 Å². The number of aryl methyl sites for hydroxylation is 1. The highest BCUT2D eigenvalue weighted by atomic mass is 32.2. The molecule has 2 saturated carbocycles. The number of Topliss-reactive ketones (excluding diaryl/α,β-unsaturated/α-hetero) is 3. The van der Waals surface area contributed by atoms with E-state index in [1.54, 1.807) is 6.20 Å². The maximum atomic E-state index is 15.1. The van der Waals surface area contributed by atoms with Gasteiger partial charge >= 0.3 is 12.0 Å². The van der Waals surface area contributed by atoms with E-state index in [0.29, 0.717) is 108 Å². The minimum Gasteiger partial charge on any atom is -0.472 e. The van der Waals surface area contributed by atoms with E-state index in [2.05, 4.69) is 32.2 Å². The summed E-state index contributed by atoms with van der Waals surface area (Å²) in [6, 6.07) is 6.06. The second-order valence-electron chi connectivity index (χ2n) is 24.4. The third-order valence-corrected chi connectivity index (χ3v) is 21.2. The number of unbranched alkanes of at least 4 members (excludes halogenated alkanes) is 2. The molecule has 0 radical (unpaired) electrons. The number of rotatable bonds is 39. The van der Waals surface area contributed by atoms with Crippen LogP contribution in [-0.2, 0) is 67.3 Å². The number of sulfonamides is 1. The summed E-state index contributed by atoms with van der Waals surface area (Å²) in [5.74, 6) is -3.36. The summed E-state index contributed by atoms with van der Waals surface area (Å²) in [5.41, 5.74) is -0.378. The highest BCUT2D eigenvalue weighted by Gasteiger charge is 2.61. The number of urea groups is 1. The molecule has 5 aliphatic heterocycles. The number of carbonyl (C=O) groups excluding carboxylic acids is 9. The van der Waals surface area contributed by atoms with Crippen molar-refractivity contribution in [1.82, 2.24) is 35.5 Å². The lowest BCUT2D eigenvalue weighted by atomic mass is 9.90. The van der Waals surface area contributed by atoms with Gasteiger partial charge in [0.25, 0.3) is 0 Å². The lowest BCUT2D eigenvalue weighted by Gasteiger charge is -2.30. The molecule has 10 atom stereocenters. The van der Waals surface area contributed by atoms with Crippen LogP contribution in [0.1, 0.15) is 134 Å². The van der Waals surface area contributed by atoms with Gasteiger partial charge in [-0.1, -0.05) is 30.2 Å². The fourth-order valence-corrected chi connectivity index (χ4v) is 15.6. The zero-order valence-corrected chi connectivity index (χ0v) is 51.5. The highest BCUT2D eigenvalue weighted by molar-refractivity contribution is 8.00. The molecule has 2 unspecified atom stereocenters. The molecule has 1 aromatic carbocycles. The third kappa shape index (κ3) is 17.7. The summed E-state index contributed by atoms with van der Waals surface area (Å²) >= 11 is 1.88. The summed E-state index contributed by atoms with van der Waals surface area (Å²) in [4.78, 5) is 128. The highest BCUT2D eigenvalue weighted by Crippen LogP contribution is 2.57. The molecule has 4 N–H and O–H groups in total. The first-order chi connectivity index (χ1) is 41.9. The van der Waals surface area contributed by atoms with Gasteiger partial charge in [0.1, 0.15) is 29.8 Å². The molecule has 7 aliphatic rings. The van der Waals surface area contributed by atoms with Crippen molar-refractivity contribution in [3.05, 3.63) is 48.7 Å². The Bertz CT molecular complexity index is 2980. The van der Waals surface area contributed by atoms with E-state index in [1.165, 1.54) is 15.9 Å². The van der Waals surface area contributed by atoms with Crippen LogP contribution < -0.4 is 25.4 Å². The molecular formula is C62H85N7O16S2. The molecule has 9 rings (SSSR count). The number of amides is 6. The van der Waals surface area contributed by atoms with Gasteiger partial charge in [0.15, 0.2) is 5.78 Å². The molecule has 7 fully saturated rings. The molecule has 2 aromatic rings. The number of likely N-dealkylation sites (tertiary alicyclic amines) is 2. The largest absolute Gasteiger partial charge is 0.472 e. The zero-order valence-electron chi connectivity index (χ0n) is 49.8. The molecule has 5 saturated heterocycles. The van der Waals surface area contributed by atoms with Gasteiger partial charge in [-0.25, -0.2) is 23.0 Å². The fourth-order valence-electron chi connectivity index (χ4n) is 12.7. The Hall–Kier alpha value is -6.02. The van der Waals surface area contributed by atoms with E-state index < -0.39 is 80.4 Å². The number of nitrogens with one attached hydrogen (secondary N) is 4. The predicted octanol–water partition coefficient (Wildman–Crippen LogP) is 4.72. The van der Waals surface area contributed by atoms with Gasteiger partial charge in [-0.2, -0.15) is 11.8 Å². The van der Waals surface area contributed by atoms with Crippen LogP contribution >= 0.6 is 11.8 Å². The number of aromatic nitrogens is 1. The summed E-state index contributed by atoms with van der Waals surface area (Å²) in [6.07, 6.45) is 8.32. The number of pyridine rings is 1. The molecule has 0 spiro atoms. The van der Waals surface area contributed by atoms with Crippen molar-refractivity contribution in [3.63, 3.8) is 0 Å². The molecule has 87 heavy (non-hydrogen) atoms. The molecule has 6 heterocycles. The molecule has 23 nitrogen and oxygen atoms in total. The maximum Gasteiger partial charge on any atom is 0.329 e. The minimum absolute atomic E-state index is 0.00161. The number of nitrogens with zero attached hydrogens (tertiary/aromatic N) is 3. The predicted molar refractivity (Wildman–Crippen MR) is 321 cm³/mol. The van der Waals surface area contributed by atoms with Gasteiger partial charge in [-0.3, -0.25) is 38.3 Å². The monoisotopic (exact) mass is 1250 g/mol. The van der Waals surface area contributed by atoms with Crippen LogP contribution in [0.15, 0.2) is 43.1 Å². The average molecular weight is 1250 g/mol. The number of thioether (sulfide) groups is 1. The van der Waals surface area contributed by atoms with Gasteiger partial charge < -0.3 is 49.4 Å². The van der Waals surface area contributed by atoms with Crippen LogP contribution in [0.4, 0.5) is 4.79 Å². The molecule has 2 aliphatic carbocycles. The molecule has 25 heteroatoms. The fraction of sp³-hybridized carbons (Fsp3) is 0.677. The topological polar surface area (TPSA) is 301 Å². The van der Waals surface area contributed by atoms with Crippen molar-refractivity contribution in [2.45, 2.75) is 182 Å². The molecule has 1 aromatic heterocycles. The zero-order chi connectivity index (χ0) is 61.7.